The van der Waals surface area contributed by atoms with Crippen molar-refractivity contribution in [3.63, 3.8) is 0 Å². The number of carboxylic acids is 1. The van der Waals surface area contributed by atoms with Gasteiger partial charge in [0.2, 0.25) is 0 Å². The van der Waals surface area contributed by atoms with Gasteiger partial charge in [-0.2, -0.15) is 0 Å². The molecule has 0 fully saturated rings. The molecule has 0 unspecified atom stereocenters. The highest BCUT2D eigenvalue weighted by Gasteiger charge is 2.29. The van der Waals surface area contributed by atoms with Crippen LogP contribution in [0.25, 0.3) is 6.08 Å². The van der Waals surface area contributed by atoms with Crippen LogP contribution >= 0.6 is 23.2 Å². The molecule has 0 spiro atoms. The fourth-order valence-electron chi connectivity index (χ4n) is 2.24. The molecule has 0 aliphatic carbocycles. The minimum atomic E-state index is -1.03. The first kappa shape index (κ1) is 14.0. The van der Waals surface area contributed by atoms with Crippen molar-refractivity contribution in [1.82, 2.24) is 0 Å². The summed E-state index contributed by atoms with van der Waals surface area (Å²) in [6.45, 7) is 0. The Bertz CT molecular complexity index is 753. The van der Waals surface area contributed by atoms with Crippen LogP contribution in [0.5, 0.6) is 5.75 Å². The zero-order valence-electron chi connectivity index (χ0n) is 10.7. The number of benzene rings is 2. The first-order chi connectivity index (χ1) is 10.1. The van der Waals surface area contributed by atoms with Gasteiger partial charge in [-0.3, -0.25) is 0 Å². The SMILES string of the molecule is O=C(O)C1=Cc2ccccc2O[C@@H]1c1ccc(Cl)c(Cl)c1. The quantitative estimate of drug-likeness (QED) is 0.879. The molecule has 3 rings (SSSR count). The number of para-hydroxylation sites is 1. The second-order valence-electron chi connectivity index (χ2n) is 4.61. The number of halogens is 2. The van der Waals surface area contributed by atoms with Gasteiger partial charge in [0.05, 0.1) is 15.6 Å². The molecule has 2 aromatic carbocycles. The van der Waals surface area contributed by atoms with E-state index in [4.69, 9.17) is 27.9 Å². The van der Waals surface area contributed by atoms with Gasteiger partial charge in [0.1, 0.15) is 5.75 Å². The second-order valence-corrected chi connectivity index (χ2v) is 5.43. The molecule has 0 amide bonds. The topological polar surface area (TPSA) is 46.5 Å². The lowest BCUT2D eigenvalue weighted by atomic mass is 9.96. The van der Waals surface area contributed by atoms with Crippen molar-refractivity contribution in [2.45, 2.75) is 6.10 Å². The van der Waals surface area contributed by atoms with E-state index in [1.807, 2.05) is 18.2 Å². The van der Waals surface area contributed by atoms with Crippen LogP contribution in [-0.4, -0.2) is 11.1 Å². The van der Waals surface area contributed by atoms with E-state index in [0.29, 0.717) is 21.4 Å². The van der Waals surface area contributed by atoms with Crippen LogP contribution in [0.3, 0.4) is 0 Å². The van der Waals surface area contributed by atoms with E-state index in [0.717, 1.165) is 5.56 Å². The molecule has 1 N–H and O–H groups in total. The Morgan fingerprint density at radius 3 is 2.57 bits per heavy atom. The van der Waals surface area contributed by atoms with Gasteiger partial charge in [-0.25, -0.2) is 4.79 Å². The summed E-state index contributed by atoms with van der Waals surface area (Å²) < 4.78 is 5.84. The Morgan fingerprint density at radius 1 is 1.10 bits per heavy atom. The van der Waals surface area contributed by atoms with Crippen molar-refractivity contribution < 1.29 is 14.6 Å². The molecule has 5 heteroatoms. The van der Waals surface area contributed by atoms with Gasteiger partial charge in [0.25, 0.3) is 0 Å². The van der Waals surface area contributed by atoms with E-state index in [2.05, 4.69) is 0 Å². The lowest BCUT2D eigenvalue weighted by Crippen LogP contribution is -2.20. The average molecular weight is 321 g/mol. The summed E-state index contributed by atoms with van der Waals surface area (Å²) in [6, 6.07) is 12.2. The summed E-state index contributed by atoms with van der Waals surface area (Å²) in [7, 11) is 0. The van der Waals surface area contributed by atoms with Crippen LogP contribution in [0, 0.1) is 0 Å². The number of carboxylic acid groups (broad SMARTS) is 1. The van der Waals surface area contributed by atoms with Gasteiger partial charge in [0, 0.05) is 5.56 Å². The van der Waals surface area contributed by atoms with E-state index >= 15 is 0 Å². The normalized spacial score (nSPS) is 16.7. The monoisotopic (exact) mass is 320 g/mol. The van der Waals surface area contributed by atoms with E-state index < -0.39 is 12.1 Å². The molecule has 0 aromatic heterocycles. The Balaban J connectivity index is 2.10. The fraction of sp³-hybridized carbons (Fsp3) is 0.0625. The smallest absolute Gasteiger partial charge is 0.335 e. The maximum absolute atomic E-state index is 11.5. The van der Waals surface area contributed by atoms with Crippen LogP contribution < -0.4 is 4.74 Å². The molecular formula is C16H10Cl2O3. The zero-order chi connectivity index (χ0) is 15.0. The lowest BCUT2D eigenvalue weighted by molar-refractivity contribution is -0.133. The summed E-state index contributed by atoms with van der Waals surface area (Å²) in [5, 5.41) is 10.2. The van der Waals surface area contributed by atoms with E-state index in [9.17, 15) is 9.90 Å². The maximum atomic E-state index is 11.5. The van der Waals surface area contributed by atoms with Crippen molar-refractivity contribution in [3.05, 3.63) is 69.2 Å². The van der Waals surface area contributed by atoms with E-state index in [-0.39, 0.29) is 5.57 Å². The van der Waals surface area contributed by atoms with Crippen LogP contribution in [0.1, 0.15) is 17.2 Å². The Kier molecular flexibility index (Phi) is 3.62. The number of carbonyl (C=O) groups is 1. The maximum Gasteiger partial charge on any atom is 0.335 e. The van der Waals surface area contributed by atoms with Gasteiger partial charge in [-0.15, -0.1) is 0 Å². The first-order valence-electron chi connectivity index (χ1n) is 6.22. The van der Waals surface area contributed by atoms with Crippen LogP contribution in [-0.2, 0) is 4.79 Å². The molecule has 0 radical (unpaired) electrons. The number of hydrogen-bond donors (Lipinski definition) is 1. The summed E-state index contributed by atoms with van der Waals surface area (Å²) in [5.41, 5.74) is 1.55. The Hall–Kier alpha value is -1.97. The first-order valence-corrected chi connectivity index (χ1v) is 6.97. The summed E-state index contributed by atoms with van der Waals surface area (Å²) in [6.07, 6.45) is 0.904. The molecular weight excluding hydrogens is 311 g/mol. The lowest BCUT2D eigenvalue weighted by Gasteiger charge is -2.25. The summed E-state index contributed by atoms with van der Waals surface area (Å²) >= 11 is 11.9. The van der Waals surface area contributed by atoms with Gasteiger partial charge in [-0.1, -0.05) is 47.5 Å². The molecule has 106 valence electrons. The number of aliphatic carboxylic acids is 1. The summed E-state index contributed by atoms with van der Waals surface area (Å²) in [5.74, 6) is -0.390. The molecule has 0 bridgehead atoms. The largest absolute Gasteiger partial charge is 0.480 e. The predicted molar refractivity (Wildman–Crippen MR) is 81.9 cm³/mol. The number of hydrogen-bond acceptors (Lipinski definition) is 2. The van der Waals surface area contributed by atoms with E-state index in [1.165, 1.54) is 0 Å². The number of rotatable bonds is 2. The third-order valence-corrected chi connectivity index (χ3v) is 3.99. The minimum Gasteiger partial charge on any atom is -0.480 e. The molecule has 1 aliphatic rings. The molecule has 3 nitrogen and oxygen atoms in total. The van der Waals surface area contributed by atoms with Gasteiger partial charge in [-0.05, 0) is 29.8 Å². The third-order valence-electron chi connectivity index (χ3n) is 3.25. The Morgan fingerprint density at radius 2 is 1.86 bits per heavy atom. The highest BCUT2D eigenvalue weighted by molar-refractivity contribution is 6.42. The Labute approximate surface area is 131 Å². The number of fused-ring (bicyclic) bond motifs is 1. The minimum absolute atomic E-state index is 0.159. The van der Waals surface area contributed by atoms with Crippen LogP contribution in [0.15, 0.2) is 48.0 Å². The number of ether oxygens (including phenoxy) is 1. The highest BCUT2D eigenvalue weighted by atomic mass is 35.5. The predicted octanol–water partition coefficient (Wildman–Crippen LogP) is 4.60. The second kappa shape index (κ2) is 5.43. The molecule has 0 saturated heterocycles. The molecule has 0 saturated carbocycles. The standard InChI is InChI=1S/C16H10Cl2O3/c17-12-6-5-10(8-13(12)18)15-11(16(19)20)7-9-3-1-2-4-14(9)21-15/h1-8,15H,(H,19,20)/t15-/m1/s1. The molecule has 1 aliphatic heterocycles. The van der Waals surface area contributed by atoms with Crippen molar-refractivity contribution in [2.24, 2.45) is 0 Å². The molecule has 2 aromatic rings. The summed E-state index contributed by atoms with van der Waals surface area (Å²) in [4.78, 5) is 11.5. The van der Waals surface area contributed by atoms with Gasteiger partial charge in [0.15, 0.2) is 6.10 Å². The van der Waals surface area contributed by atoms with Gasteiger partial charge < -0.3 is 9.84 Å². The van der Waals surface area contributed by atoms with Crippen molar-refractivity contribution in [3.8, 4) is 5.75 Å². The average Bonchev–Trinajstić information content (AvgIpc) is 2.48. The fourth-order valence-corrected chi connectivity index (χ4v) is 2.54. The van der Waals surface area contributed by atoms with E-state index in [1.54, 1.807) is 30.3 Å². The van der Waals surface area contributed by atoms with Crippen molar-refractivity contribution in [2.75, 3.05) is 0 Å². The van der Waals surface area contributed by atoms with Crippen molar-refractivity contribution in [1.29, 1.82) is 0 Å². The van der Waals surface area contributed by atoms with Crippen LogP contribution in [0.2, 0.25) is 10.0 Å². The highest BCUT2D eigenvalue weighted by Crippen LogP contribution is 2.38. The van der Waals surface area contributed by atoms with Gasteiger partial charge >= 0.3 is 5.97 Å². The van der Waals surface area contributed by atoms with Crippen molar-refractivity contribution >= 4 is 35.2 Å². The third kappa shape index (κ3) is 2.62. The molecule has 21 heavy (non-hydrogen) atoms. The molecule has 1 heterocycles. The molecule has 1 atom stereocenters. The van der Waals surface area contributed by atoms with Crippen LogP contribution in [0.4, 0.5) is 0 Å². The zero-order valence-corrected chi connectivity index (χ0v) is 12.2.